The molecule has 1 amide bonds. The number of amides is 1. The summed E-state index contributed by atoms with van der Waals surface area (Å²) in [5, 5.41) is 20.5. The molecule has 0 aliphatic rings. The number of aromatic nitrogens is 4. The second kappa shape index (κ2) is 9.31. The first-order chi connectivity index (χ1) is 18.0. The van der Waals surface area contributed by atoms with E-state index in [2.05, 4.69) is 15.5 Å². The Labute approximate surface area is 217 Å². The summed E-state index contributed by atoms with van der Waals surface area (Å²) in [6, 6.07) is 18.5. The highest BCUT2D eigenvalue weighted by atomic mass is 19.1. The van der Waals surface area contributed by atoms with E-state index in [4.69, 9.17) is 5.73 Å². The molecule has 3 aromatic carbocycles. The van der Waals surface area contributed by atoms with Crippen molar-refractivity contribution < 1.29 is 14.3 Å². The fourth-order valence-corrected chi connectivity index (χ4v) is 4.62. The summed E-state index contributed by atoms with van der Waals surface area (Å²) < 4.78 is 18.2. The summed E-state index contributed by atoms with van der Waals surface area (Å²) in [5.74, 6) is -0.998. The molecule has 5 aromatic rings. The molecule has 194 valence electrons. The number of aliphatic hydroxyl groups is 1. The first kappa shape index (κ1) is 25.0. The molecule has 0 bridgehead atoms. The number of nitrogens with zero attached hydrogens (tertiary/aromatic N) is 3. The van der Waals surface area contributed by atoms with Crippen LogP contribution in [0.1, 0.15) is 29.9 Å². The number of carbonyl (C=O) groups is 1. The van der Waals surface area contributed by atoms with Crippen LogP contribution in [0.2, 0.25) is 0 Å². The fourth-order valence-electron chi connectivity index (χ4n) is 4.62. The summed E-state index contributed by atoms with van der Waals surface area (Å²) in [5.41, 5.74) is 6.82. The maximum absolute atomic E-state index is 15.3. The molecule has 0 spiro atoms. The van der Waals surface area contributed by atoms with Crippen LogP contribution in [-0.2, 0) is 6.54 Å². The fraction of sp³-hybridized carbons (Fsp3) is 0.179. The molecule has 0 aliphatic heterocycles. The summed E-state index contributed by atoms with van der Waals surface area (Å²) in [7, 11) is 0. The number of fused-ring (bicyclic) bond motifs is 1. The molecule has 10 heteroatoms. The molecule has 5 rings (SSSR count). The van der Waals surface area contributed by atoms with Crippen LogP contribution in [0.4, 0.5) is 15.9 Å². The average Bonchev–Trinajstić information content (AvgIpc) is 3.35. The number of aromatic amines is 1. The van der Waals surface area contributed by atoms with Crippen LogP contribution >= 0.6 is 0 Å². The zero-order valence-electron chi connectivity index (χ0n) is 21.1. The predicted molar refractivity (Wildman–Crippen MR) is 145 cm³/mol. The van der Waals surface area contributed by atoms with Gasteiger partial charge in [0.25, 0.3) is 11.5 Å². The lowest BCUT2D eigenvalue weighted by Gasteiger charge is -2.22. The van der Waals surface area contributed by atoms with Crippen molar-refractivity contribution in [1.82, 2.24) is 19.6 Å². The first-order valence-electron chi connectivity index (χ1n) is 12.0. The van der Waals surface area contributed by atoms with Crippen LogP contribution < -0.4 is 16.6 Å². The topological polar surface area (TPSA) is 131 Å². The standard InChI is InChI=1S/C28H27FN6O3/c1-16-23(27(37)35(18-8-5-4-6-9-18)34(16)15-28(2,3)38)26(36)31-17-12-13-19(21(29)14-17)20-10-7-11-22-24(20)25(30)33-32-22/h4-14,38H,15H2,1-3H3,(H,31,36)(H3,30,32,33). The van der Waals surface area contributed by atoms with Gasteiger partial charge in [-0.25, -0.2) is 9.07 Å². The minimum Gasteiger partial charge on any atom is -0.389 e. The van der Waals surface area contributed by atoms with Gasteiger partial charge >= 0.3 is 0 Å². The van der Waals surface area contributed by atoms with E-state index in [-0.39, 0.29) is 23.6 Å². The maximum atomic E-state index is 15.3. The molecule has 9 nitrogen and oxygen atoms in total. The van der Waals surface area contributed by atoms with Crippen LogP contribution in [0.25, 0.3) is 27.7 Å². The molecular formula is C28H27FN6O3. The van der Waals surface area contributed by atoms with Gasteiger partial charge in [-0.2, -0.15) is 5.10 Å². The van der Waals surface area contributed by atoms with Gasteiger partial charge in [0.1, 0.15) is 11.4 Å². The highest BCUT2D eigenvalue weighted by Gasteiger charge is 2.27. The molecule has 0 unspecified atom stereocenters. The van der Waals surface area contributed by atoms with E-state index < -0.39 is 22.9 Å². The summed E-state index contributed by atoms with van der Waals surface area (Å²) in [6.45, 7) is 4.95. The molecule has 0 saturated heterocycles. The maximum Gasteiger partial charge on any atom is 0.284 e. The molecule has 0 atom stereocenters. The molecule has 38 heavy (non-hydrogen) atoms. The Hall–Kier alpha value is -4.70. The minimum absolute atomic E-state index is 0.0717. The molecule has 2 heterocycles. The van der Waals surface area contributed by atoms with Gasteiger partial charge in [-0.05, 0) is 62.7 Å². The molecule has 0 aliphatic carbocycles. The van der Waals surface area contributed by atoms with Crippen molar-refractivity contribution in [2.24, 2.45) is 0 Å². The largest absolute Gasteiger partial charge is 0.389 e. The number of nitrogens with two attached hydrogens (primary N) is 1. The Morgan fingerprint density at radius 3 is 2.53 bits per heavy atom. The van der Waals surface area contributed by atoms with Crippen molar-refractivity contribution in [2.45, 2.75) is 32.9 Å². The normalized spacial score (nSPS) is 11.7. The second-order valence-electron chi connectivity index (χ2n) is 9.77. The van der Waals surface area contributed by atoms with Gasteiger partial charge < -0.3 is 16.2 Å². The summed E-state index contributed by atoms with van der Waals surface area (Å²) in [4.78, 5) is 26.8. The third-order valence-electron chi connectivity index (χ3n) is 6.30. The Morgan fingerprint density at radius 1 is 1.11 bits per heavy atom. The monoisotopic (exact) mass is 514 g/mol. The van der Waals surface area contributed by atoms with Crippen molar-refractivity contribution in [2.75, 3.05) is 11.1 Å². The molecule has 2 aromatic heterocycles. The summed E-state index contributed by atoms with van der Waals surface area (Å²) in [6.07, 6.45) is 0. The van der Waals surface area contributed by atoms with Crippen molar-refractivity contribution in [3.63, 3.8) is 0 Å². The number of nitrogen functional groups attached to an aromatic ring is 1. The number of rotatable bonds is 6. The number of anilines is 2. The van der Waals surface area contributed by atoms with Crippen molar-refractivity contribution in [1.29, 1.82) is 0 Å². The predicted octanol–water partition coefficient (Wildman–Crippen LogP) is 4.24. The smallest absolute Gasteiger partial charge is 0.284 e. The van der Waals surface area contributed by atoms with E-state index in [1.165, 1.54) is 10.7 Å². The van der Waals surface area contributed by atoms with Crippen molar-refractivity contribution in [3.05, 3.63) is 94.2 Å². The zero-order chi connectivity index (χ0) is 27.2. The highest BCUT2D eigenvalue weighted by Crippen LogP contribution is 2.33. The van der Waals surface area contributed by atoms with Gasteiger partial charge in [-0.1, -0.05) is 30.3 Å². The Bertz CT molecular complexity index is 1730. The number of hydrogen-bond donors (Lipinski definition) is 4. The van der Waals surface area contributed by atoms with Gasteiger partial charge in [-0.15, -0.1) is 0 Å². The quantitative estimate of drug-likeness (QED) is 0.269. The number of nitrogens with one attached hydrogen (secondary N) is 2. The Balaban J connectivity index is 1.52. The lowest BCUT2D eigenvalue weighted by atomic mass is 10.0. The van der Waals surface area contributed by atoms with Gasteiger partial charge in [0, 0.05) is 11.3 Å². The number of halogens is 1. The van der Waals surface area contributed by atoms with E-state index >= 15 is 4.39 Å². The van der Waals surface area contributed by atoms with Crippen LogP contribution in [-0.4, -0.2) is 36.2 Å². The van der Waals surface area contributed by atoms with Crippen molar-refractivity contribution >= 4 is 28.3 Å². The number of benzene rings is 3. The molecule has 0 fully saturated rings. The number of para-hydroxylation sites is 1. The van der Waals surface area contributed by atoms with Crippen molar-refractivity contribution in [3.8, 4) is 16.8 Å². The number of H-pyrrole nitrogens is 1. The third kappa shape index (κ3) is 4.46. The number of hydrogen-bond acceptors (Lipinski definition) is 5. The number of carbonyl (C=O) groups excluding carboxylic acids is 1. The van der Waals surface area contributed by atoms with Gasteiger partial charge in [0.2, 0.25) is 0 Å². The van der Waals surface area contributed by atoms with E-state index in [1.54, 1.807) is 80.1 Å². The van der Waals surface area contributed by atoms with E-state index in [9.17, 15) is 14.7 Å². The summed E-state index contributed by atoms with van der Waals surface area (Å²) >= 11 is 0. The SMILES string of the molecule is Cc1c(C(=O)Nc2ccc(-c3cccc4[nH]nc(N)c34)c(F)c2)c(=O)n(-c2ccccc2)n1CC(C)(C)O. The van der Waals surface area contributed by atoms with Crippen LogP contribution in [0.3, 0.4) is 0 Å². The van der Waals surface area contributed by atoms with Gasteiger partial charge in [0.15, 0.2) is 5.82 Å². The third-order valence-corrected chi connectivity index (χ3v) is 6.30. The van der Waals surface area contributed by atoms with Crippen LogP contribution in [0.15, 0.2) is 71.5 Å². The Kier molecular flexibility index (Phi) is 6.12. The molecule has 0 saturated carbocycles. The zero-order valence-corrected chi connectivity index (χ0v) is 21.1. The van der Waals surface area contributed by atoms with Gasteiger partial charge in [0.05, 0.1) is 34.4 Å². The molecule has 5 N–H and O–H groups in total. The average molecular weight is 515 g/mol. The van der Waals surface area contributed by atoms with Crippen LogP contribution in [0.5, 0.6) is 0 Å². The second-order valence-corrected chi connectivity index (χ2v) is 9.77. The van der Waals surface area contributed by atoms with Gasteiger partial charge in [-0.3, -0.25) is 19.4 Å². The van der Waals surface area contributed by atoms with E-state index in [0.717, 1.165) is 0 Å². The lowest BCUT2D eigenvalue weighted by Crippen LogP contribution is -2.32. The minimum atomic E-state index is -1.15. The Morgan fingerprint density at radius 2 is 1.84 bits per heavy atom. The van der Waals surface area contributed by atoms with E-state index in [0.29, 0.717) is 33.4 Å². The first-order valence-corrected chi connectivity index (χ1v) is 12.0. The highest BCUT2D eigenvalue weighted by molar-refractivity contribution is 6.05. The lowest BCUT2D eigenvalue weighted by molar-refractivity contribution is 0.0546. The molecule has 0 radical (unpaired) electrons. The van der Waals surface area contributed by atoms with Crippen LogP contribution in [0, 0.1) is 12.7 Å². The van der Waals surface area contributed by atoms with E-state index in [1.807, 2.05) is 6.07 Å². The molecular weight excluding hydrogens is 487 g/mol.